The third-order valence-electron chi connectivity index (χ3n) is 6.27. The number of likely N-dealkylation sites (tertiary alicyclic amines) is 1. The predicted octanol–water partition coefficient (Wildman–Crippen LogP) is 3.01. The third kappa shape index (κ3) is 4.77. The van der Waals surface area contributed by atoms with Crippen molar-refractivity contribution in [3.8, 4) is 0 Å². The lowest BCUT2D eigenvalue weighted by atomic mass is 9.94. The number of rotatable bonds is 6. The molecule has 0 unspecified atom stereocenters. The molecule has 2 aliphatic heterocycles. The van der Waals surface area contributed by atoms with E-state index in [4.69, 9.17) is 14.7 Å². The first-order valence-corrected chi connectivity index (χ1v) is 11.0. The lowest BCUT2D eigenvalue weighted by Crippen LogP contribution is -2.39. The van der Waals surface area contributed by atoms with Crippen LogP contribution in [0.5, 0.6) is 0 Å². The maximum atomic E-state index is 12.8. The number of ether oxygens (including phenoxy) is 1. The molecule has 1 aromatic heterocycles. The Bertz CT molecular complexity index is 939. The van der Waals surface area contributed by atoms with E-state index < -0.39 is 0 Å². The predicted molar refractivity (Wildman–Crippen MR) is 118 cm³/mol. The summed E-state index contributed by atoms with van der Waals surface area (Å²) in [4.78, 5) is 38.5. The van der Waals surface area contributed by atoms with Gasteiger partial charge in [0.05, 0.1) is 19.6 Å². The largest absolute Gasteiger partial charge is 0.384 e. The minimum absolute atomic E-state index is 0.110. The Morgan fingerprint density at radius 1 is 1.13 bits per heavy atom. The second kappa shape index (κ2) is 9.56. The number of hydrogen-bond donors (Lipinski definition) is 0. The Hall–Kier alpha value is -2.80. The van der Waals surface area contributed by atoms with E-state index in [0.29, 0.717) is 45.5 Å². The molecule has 0 spiro atoms. The van der Waals surface area contributed by atoms with Crippen molar-refractivity contribution in [1.29, 1.82) is 0 Å². The SMILES string of the molecule is COCCC(=O)N1CCC(c2nc(C)c3c(n2)N(Cc2ccccc2)C(=O)CC3)CC1. The van der Waals surface area contributed by atoms with Gasteiger partial charge in [-0.1, -0.05) is 30.3 Å². The molecule has 1 aromatic carbocycles. The van der Waals surface area contributed by atoms with Gasteiger partial charge in [-0.15, -0.1) is 0 Å². The number of carbonyl (C=O) groups excluding carboxylic acids is 2. The quantitative estimate of drug-likeness (QED) is 0.715. The summed E-state index contributed by atoms with van der Waals surface area (Å²) >= 11 is 0. The molecule has 2 amide bonds. The number of anilines is 1. The molecule has 7 heteroatoms. The summed E-state index contributed by atoms with van der Waals surface area (Å²) in [6.07, 6.45) is 3.28. The first kappa shape index (κ1) is 21.4. The number of methoxy groups -OCH3 is 1. The summed E-state index contributed by atoms with van der Waals surface area (Å²) in [7, 11) is 1.61. The third-order valence-corrected chi connectivity index (χ3v) is 6.27. The maximum Gasteiger partial charge on any atom is 0.228 e. The molecule has 2 aliphatic rings. The number of hydrogen-bond acceptors (Lipinski definition) is 5. The van der Waals surface area contributed by atoms with Gasteiger partial charge in [-0.25, -0.2) is 9.97 Å². The molecule has 4 rings (SSSR count). The number of aryl methyl sites for hydroxylation is 1. The van der Waals surface area contributed by atoms with Crippen LogP contribution in [0.1, 0.15) is 54.2 Å². The summed E-state index contributed by atoms with van der Waals surface area (Å²) in [5, 5.41) is 0. The van der Waals surface area contributed by atoms with Crippen LogP contribution in [-0.4, -0.2) is 53.5 Å². The van der Waals surface area contributed by atoms with Crippen LogP contribution in [0.4, 0.5) is 5.82 Å². The van der Waals surface area contributed by atoms with E-state index in [-0.39, 0.29) is 17.7 Å². The van der Waals surface area contributed by atoms with Crippen molar-refractivity contribution in [3.63, 3.8) is 0 Å². The number of carbonyl (C=O) groups is 2. The summed E-state index contributed by atoms with van der Waals surface area (Å²) < 4.78 is 5.02. The van der Waals surface area contributed by atoms with Crippen LogP contribution in [-0.2, 0) is 27.3 Å². The minimum Gasteiger partial charge on any atom is -0.384 e. The molecular formula is C24H30N4O3. The molecule has 0 atom stereocenters. The number of amides is 2. The van der Waals surface area contributed by atoms with Crippen LogP contribution in [0.25, 0.3) is 0 Å². The van der Waals surface area contributed by atoms with E-state index >= 15 is 0 Å². The molecule has 1 saturated heterocycles. The number of nitrogens with zero attached hydrogens (tertiary/aromatic N) is 4. The van der Waals surface area contributed by atoms with Gasteiger partial charge in [0, 0.05) is 43.8 Å². The Balaban J connectivity index is 1.53. The van der Waals surface area contributed by atoms with Crippen LogP contribution in [0, 0.1) is 6.92 Å². The zero-order chi connectivity index (χ0) is 21.8. The molecule has 0 bridgehead atoms. The normalized spacial score (nSPS) is 17.0. The minimum atomic E-state index is 0.110. The van der Waals surface area contributed by atoms with Crippen molar-refractivity contribution in [2.45, 2.75) is 51.5 Å². The molecule has 1 fully saturated rings. The van der Waals surface area contributed by atoms with Crippen molar-refractivity contribution in [1.82, 2.24) is 14.9 Å². The smallest absolute Gasteiger partial charge is 0.228 e. The zero-order valence-corrected chi connectivity index (χ0v) is 18.3. The van der Waals surface area contributed by atoms with Crippen LogP contribution in [0.2, 0.25) is 0 Å². The van der Waals surface area contributed by atoms with Crippen LogP contribution in [0.15, 0.2) is 30.3 Å². The second-order valence-corrected chi connectivity index (χ2v) is 8.33. The molecule has 7 nitrogen and oxygen atoms in total. The lowest BCUT2D eigenvalue weighted by Gasteiger charge is -2.33. The topological polar surface area (TPSA) is 75.6 Å². The number of piperidine rings is 1. The molecule has 2 aromatic rings. The van der Waals surface area contributed by atoms with Gasteiger partial charge in [-0.3, -0.25) is 14.5 Å². The van der Waals surface area contributed by atoms with Gasteiger partial charge in [0.1, 0.15) is 11.6 Å². The average Bonchev–Trinajstić information content (AvgIpc) is 2.80. The summed E-state index contributed by atoms with van der Waals surface area (Å²) in [5.74, 6) is 2.02. The van der Waals surface area contributed by atoms with Crippen molar-refractivity contribution in [2.75, 3.05) is 31.7 Å². The highest BCUT2D eigenvalue weighted by molar-refractivity contribution is 5.95. The monoisotopic (exact) mass is 422 g/mol. The summed E-state index contributed by atoms with van der Waals surface area (Å²) in [6, 6.07) is 10.0. The van der Waals surface area contributed by atoms with Crippen molar-refractivity contribution < 1.29 is 14.3 Å². The fourth-order valence-corrected chi connectivity index (χ4v) is 4.45. The maximum absolute atomic E-state index is 12.8. The van der Waals surface area contributed by atoms with E-state index in [1.54, 1.807) is 7.11 Å². The van der Waals surface area contributed by atoms with E-state index in [9.17, 15) is 9.59 Å². The van der Waals surface area contributed by atoms with Crippen molar-refractivity contribution >= 4 is 17.6 Å². The van der Waals surface area contributed by atoms with Gasteiger partial charge < -0.3 is 9.64 Å². The number of benzene rings is 1. The van der Waals surface area contributed by atoms with E-state index in [1.165, 1.54) is 0 Å². The Kier molecular flexibility index (Phi) is 6.61. The van der Waals surface area contributed by atoms with Gasteiger partial charge in [-0.2, -0.15) is 0 Å². The van der Waals surface area contributed by atoms with Crippen LogP contribution in [0.3, 0.4) is 0 Å². The Labute approximate surface area is 183 Å². The van der Waals surface area contributed by atoms with E-state index in [1.807, 2.05) is 47.1 Å². The molecule has 164 valence electrons. The van der Waals surface area contributed by atoms with Crippen LogP contribution < -0.4 is 4.90 Å². The molecule has 0 saturated carbocycles. The Morgan fingerprint density at radius 2 is 1.87 bits per heavy atom. The average molecular weight is 423 g/mol. The molecule has 0 aliphatic carbocycles. The van der Waals surface area contributed by atoms with Gasteiger partial charge >= 0.3 is 0 Å². The van der Waals surface area contributed by atoms with Crippen molar-refractivity contribution in [3.05, 3.63) is 53.0 Å². The summed E-state index contributed by atoms with van der Waals surface area (Å²) in [5.41, 5.74) is 3.13. The highest BCUT2D eigenvalue weighted by Gasteiger charge is 2.31. The summed E-state index contributed by atoms with van der Waals surface area (Å²) in [6.45, 7) is 4.41. The second-order valence-electron chi connectivity index (χ2n) is 8.33. The van der Waals surface area contributed by atoms with E-state index in [0.717, 1.165) is 41.3 Å². The highest BCUT2D eigenvalue weighted by atomic mass is 16.5. The molecule has 3 heterocycles. The van der Waals surface area contributed by atoms with E-state index in [2.05, 4.69) is 0 Å². The Morgan fingerprint density at radius 3 is 2.58 bits per heavy atom. The zero-order valence-electron chi connectivity index (χ0n) is 18.3. The fourth-order valence-electron chi connectivity index (χ4n) is 4.45. The molecular weight excluding hydrogens is 392 g/mol. The van der Waals surface area contributed by atoms with Crippen molar-refractivity contribution in [2.24, 2.45) is 0 Å². The van der Waals surface area contributed by atoms with Gasteiger partial charge in [0.25, 0.3) is 0 Å². The molecule has 31 heavy (non-hydrogen) atoms. The van der Waals surface area contributed by atoms with Gasteiger partial charge in [0.15, 0.2) is 0 Å². The standard InChI is InChI=1S/C24H30N4O3/c1-17-20-8-9-22(30)28(16-18-6-4-3-5-7-18)24(20)26-23(25-17)19-10-13-27(14-11-19)21(29)12-15-31-2/h3-7,19H,8-16H2,1-2H3. The molecule has 0 N–H and O–H groups in total. The molecule has 0 radical (unpaired) electrons. The number of aromatic nitrogens is 2. The van der Waals surface area contributed by atoms with Crippen LogP contribution >= 0.6 is 0 Å². The van der Waals surface area contributed by atoms with Gasteiger partial charge in [0.2, 0.25) is 11.8 Å². The fraction of sp³-hybridized carbons (Fsp3) is 0.500. The lowest BCUT2D eigenvalue weighted by molar-refractivity contribution is -0.133. The first-order chi connectivity index (χ1) is 15.1. The first-order valence-electron chi connectivity index (χ1n) is 11.0. The highest BCUT2D eigenvalue weighted by Crippen LogP contribution is 2.33. The number of fused-ring (bicyclic) bond motifs is 1. The van der Waals surface area contributed by atoms with Gasteiger partial charge in [-0.05, 0) is 31.7 Å².